The molecule has 0 heterocycles. The molecule has 2 N–H and O–H groups in total. The lowest BCUT2D eigenvalue weighted by Crippen LogP contribution is -2.29. The van der Waals surface area contributed by atoms with Crippen molar-refractivity contribution in [2.75, 3.05) is 10.6 Å². The van der Waals surface area contributed by atoms with E-state index in [4.69, 9.17) is 5.73 Å². The Morgan fingerprint density at radius 2 is 0.662 bits per heavy atom. The topological polar surface area (TPSA) is 29.3 Å². The minimum atomic E-state index is -0.563. The number of nitrogens with zero attached hydrogens (tertiary/aromatic N) is 1. The first-order valence-electron chi connectivity index (χ1n) is 23.6. The summed E-state index contributed by atoms with van der Waals surface area (Å²) in [5, 5.41) is 7.06. The molecule has 68 heavy (non-hydrogen) atoms. The number of fused-ring (bicyclic) bond motifs is 6. The highest BCUT2D eigenvalue weighted by molar-refractivity contribution is 6.27. The molecule has 14 rings (SSSR count). The van der Waals surface area contributed by atoms with Crippen molar-refractivity contribution in [3.05, 3.63) is 299 Å². The van der Waals surface area contributed by atoms with Crippen molar-refractivity contribution in [2.24, 2.45) is 0 Å². The summed E-state index contributed by atoms with van der Waals surface area (Å²) in [4.78, 5) is 2.51. The summed E-state index contributed by atoms with van der Waals surface area (Å²) in [6.45, 7) is 0. The first kappa shape index (κ1) is 38.5. The van der Waals surface area contributed by atoms with Gasteiger partial charge in [0.15, 0.2) is 0 Å². The maximum absolute atomic E-state index is 6.75. The van der Waals surface area contributed by atoms with Crippen LogP contribution >= 0.6 is 0 Å². The molecule has 12 aromatic rings. The minimum absolute atomic E-state index is 0.563. The van der Waals surface area contributed by atoms with E-state index >= 15 is 0 Å². The summed E-state index contributed by atoms with van der Waals surface area (Å²) < 4.78 is 0. The smallest absolute Gasteiger partial charge is 0.0714 e. The van der Waals surface area contributed by atoms with Crippen LogP contribution in [0.4, 0.5) is 22.7 Å². The second-order valence-electron chi connectivity index (χ2n) is 18.5. The van der Waals surface area contributed by atoms with Gasteiger partial charge in [0.25, 0.3) is 0 Å². The molecule has 2 aliphatic carbocycles. The van der Waals surface area contributed by atoms with Gasteiger partial charge in [-0.1, -0.05) is 218 Å². The highest BCUT2D eigenvalue weighted by Crippen LogP contribution is 2.59. The van der Waals surface area contributed by atoms with Crippen molar-refractivity contribution in [1.29, 1.82) is 0 Å². The number of nitrogen functional groups attached to an aromatic ring is 1. The first-order valence-corrected chi connectivity index (χ1v) is 23.6. The third-order valence-electron chi connectivity index (χ3n) is 15.3. The highest BCUT2D eigenvalue weighted by Gasteiger charge is 2.47. The van der Waals surface area contributed by atoms with Gasteiger partial charge in [-0.25, -0.2) is 0 Å². The Bertz CT molecular complexity index is 3670. The van der Waals surface area contributed by atoms with Gasteiger partial charge in [-0.2, -0.15) is 0 Å². The quantitative estimate of drug-likeness (QED) is 0.128. The van der Waals surface area contributed by atoms with Crippen molar-refractivity contribution < 1.29 is 0 Å². The zero-order valence-corrected chi connectivity index (χ0v) is 37.3. The van der Waals surface area contributed by atoms with Crippen LogP contribution in [0.2, 0.25) is 0 Å². The Morgan fingerprint density at radius 3 is 1.13 bits per heavy atom. The van der Waals surface area contributed by atoms with Crippen molar-refractivity contribution in [3.8, 4) is 22.3 Å². The summed E-state index contributed by atoms with van der Waals surface area (Å²) in [5.41, 5.74) is 24.8. The second kappa shape index (κ2) is 14.6. The van der Waals surface area contributed by atoms with E-state index in [-0.39, 0.29) is 0 Å². The van der Waals surface area contributed by atoms with Crippen LogP contribution in [-0.2, 0) is 10.8 Å². The summed E-state index contributed by atoms with van der Waals surface area (Å²) >= 11 is 0. The van der Waals surface area contributed by atoms with E-state index in [1.165, 1.54) is 93.7 Å². The van der Waals surface area contributed by atoms with Gasteiger partial charge >= 0.3 is 0 Å². The van der Waals surface area contributed by atoms with Gasteiger partial charge < -0.3 is 10.6 Å². The molecule has 0 saturated heterocycles. The largest absolute Gasteiger partial charge is 0.398 e. The molecule has 318 valence electrons. The van der Waals surface area contributed by atoms with Crippen LogP contribution in [0.25, 0.3) is 54.6 Å². The van der Waals surface area contributed by atoms with Crippen molar-refractivity contribution in [2.45, 2.75) is 10.8 Å². The lowest BCUT2D eigenvalue weighted by Gasteiger charge is -2.36. The zero-order chi connectivity index (χ0) is 45.0. The van der Waals surface area contributed by atoms with Gasteiger partial charge in [-0.3, -0.25) is 0 Å². The van der Waals surface area contributed by atoms with Crippen molar-refractivity contribution in [3.63, 3.8) is 0 Å². The van der Waals surface area contributed by atoms with Crippen LogP contribution < -0.4 is 10.6 Å². The van der Waals surface area contributed by atoms with Gasteiger partial charge in [0.1, 0.15) is 0 Å². The van der Waals surface area contributed by atoms with E-state index in [0.717, 1.165) is 28.1 Å². The number of hydrogen-bond donors (Lipinski definition) is 1. The predicted molar refractivity (Wildman–Crippen MR) is 284 cm³/mol. The van der Waals surface area contributed by atoms with Crippen molar-refractivity contribution >= 4 is 55.1 Å². The fraction of sp³-hybridized carbons (Fsp3) is 0.0303. The Morgan fingerprint density at radius 1 is 0.294 bits per heavy atom. The maximum Gasteiger partial charge on any atom is 0.0714 e. The second-order valence-corrected chi connectivity index (χ2v) is 18.5. The van der Waals surface area contributed by atoms with Crippen LogP contribution in [0.3, 0.4) is 0 Å². The van der Waals surface area contributed by atoms with E-state index in [1.54, 1.807) is 0 Å². The van der Waals surface area contributed by atoms with E-state index in [1.807, 2.05) is 6.07 Å². The molecule has 2 heteroatoms. The summed E-state index contributed by atoms with van der Waals surface area (Å²) in [6.07, 6.45) is 0. The average Bonchev–Trinajstić information content (AvgIpc) is 3.88. The van der Waals surface area contributed by atoms with E-state index in [9.17, 15) is 0 Å². The number of anilines is 4. The number of nitrogens with two attached hydrogens (primary N) is 1. The summed E-state index contributed by atoms with van der Waals surface area (Å²) in [7, 11) is 0. The van der Waals surface area contributed by atoms with Gasteiger partial charge in [0.05, 0.1) is 16.5 Å². The molecular weight excluding hydrogens is 821 g/mol. The Labute approximate surface area is 396 Å². The molecule has 2 aliphatic rings. The van der Waals surface area contributed by atoms with Crippen LogP contribution in [0, 0.1) is 0 Å². The lowest BCUT2D eigenvalue weighted by molar-refractivity contribution is 0.767. The Balaban J connectivity index is 1.07. The number of rotatable bonds is 7. The third-order valence-corrected chi connectivity index (χ3v) is 15.3. The molecule has 0 aliphatic heterocycles. The van der Waals surface area contributed by atoms with E-state index in [2.05, 4.69) is 254 Å². The standard InChI is InChI=1S/C66H44N2/c67-61-39-35-43-34-38-56-62(40-36-44-33-37-55(61)63(43)64(44)56)68(49-23-15-21-47(41-49)65(45-17-3-1-4-18-45)57-29-11-7-25-51(57)52-26-8-12-30-58(52)65)50-24-16-22-48(42-50)66(46-19-5-2-6-20-46)59-31-13-9-27-53(59)54-28-10-14-32-60(54)66/h1-42H,67H2. The Kier molecular flexibility index (Phi) is 8.30. The molecule has 0 aromatic heterocycles. The molecule has 0 unspecified atom stereocenters. The molecular formula is C66H44N2. The minimum Gasteiger partial charge on any atom is -0.398 e. The predicted octanol–water partition coefficient (Wildman–Crippen LogP) is 16.4. The summed E-state index contributed by atoms with van der Waals surface area (Å²) in [5.74, 6) is 0. The molecule has 2 nitrogen and oxygen atoms in total. The SMILES string of the molecule is Nc1ccc2ccc3c(N(c4cccc(C5(c6ccccc6)c6ccccc6-c6ccccc65)c4)c4cccc(C5(c6ccccc6)c6ccccc6-c6ccccc65)c4)ccc4ccc1c2c43. The Hall–Kier alpha value is -8.72. The van der Waals surface area contributed by atoms with Crippen LogP contribution in [-0.4, -0.2) is 0 Å². The third kappa shape index (κ3) is 5.17. The highest BCUT2D eigenvalue weighted by atomic mass is 15.1. The molecule has 0 radical (unpaired) electrons. The maximum atomic E-state index is 6.75. The molecule has 0 fully saturated rings. The molecule has 0 amide bonds. The molecule has 0 saturated carbocycles. The van der Waals surface area contributed by atoms with E-state index in [0.29, 0.717) is 0 Å². The van der Waals surface area contributed by atoms with Crippen LogP contribution in [0.1, 0.15) is 44.5 Å². The van der Waals surface area contributed by atoms with Gasteiger partial charge in [0.2, 0.25) is 0 Å². The average molecular weight is 865 g/mol. The van der Waals surface area contributed by atoms with E-state index < -0.39 is 10.8 Å². The molecule has 0 spiro atoms. The fourth-order valence-electron chi connectivity index (χ4n) is 12.6. The zero-order valence-electron chi connectivity index (χ0n) is 37.3. The lowest BCUT2D eigenvalue weighted by atomic mass is 9.67. The molecule has 0 atom stereocenters. The van der Waals surface area contributed by atoms with Gasteiger partial charge in [-0.05, 0) is 125 Å². The molecule has 0 bridgehead atoms. The van der Waals surface area contributed by atoms with Crippen molar-refractivity contribution in [1.82, 2.24) is 0 Å². The normalized spacial score (nSPS) is 13.9. The van der Waals surface area contributed by atoms with Gasteiger partial charge in [-0.15, -0.1) is 0 Å². The number of benzene rings is 12. The van der Waals surface area contributed by atoms with Gasteiger partial charge in [0, 0.05) is 27.8 Å². The first-order chi connectivity index (χ1) is 33.7. The monoisotopic (exact) mass is 864 g/mol. The van der Waals surface area contributed by atoms with Crippen LogP contribution in [0.15, 0.2) is 255 Å². The number of hydrogen-bond acceptors (Lipinski definition) is 2. The summed E-state index contributed by atoms with van der Waals surface area (Å²) in [6, 6.07) is 94.7. The fourth-order valence-corrected chi connectivity index (χ4v) is 12.6. The molecule has 12 aromatic carbocycles. The van der Waals surface area contributed by atoms with Crippen LogP contribution in [0.5, 0.6) is 0 Å².